The molecule has 25 rings (SSSR count). The SMILES string of the molecule is O=C1C(c2ccc(-c3ccccc3)cc2)=C(c2ccccc2)C(c2ccc(Oc3ccc(C4=C(c5ccccc5)C(=O)C5=C4c4ccc(cc4)Oc4ccc(cc4)C4=C(C(=O)C(c6ccccc6)=C4c4ccccc4)c4ccc(cc4)C(Cc4ccccc4)(c4ccccc4)c4ccc5cc4)cc3)cc2)=C1c1ccccc1. The highest BCUT2D eigenvalue weighted by molar-refractivity contribution is 6.61. The van der Waals surface area contributed by atoms with Crippen LogP contribution in [0.1, 0.15) is 89.0 Å². The van der Waals surface area contributed by atoms with Crippen molar-refractivity contribution in [2.75, 3.05) is 0 Å². The Morgan fingerprint density at radius 2 is 0.384 bits per heavy atom. The average Bonchev–Trinajstić information content (AvgIpc) is 0.805. The molecule has 0 spiro atoms. The van der Waals surface area contributed by atoms with Crippen molar-refractivity contribution in [2.24, 2.45) is 0 Å². The van der Waals surface area contributed by atoms with Crippen molar-refractivity contribution in [3.63, 3.8) is 0 Å². The van der Waals surface area contributed by atoms with E-state index in [1.54, 1.807) is 0 Å². The smallest absolute Gasteiger partial charge is 0.195 e. The number of hydrogen-bond acceptors (Lipinski definition) is 5. The summed E-state index contributed by atoms with van der Waals surface area (Å²) in [5.74, 6) is 2.25. The van der Waals surface area contributed by atoms with Crippen LogP contribution >= 0.6 is 0 Å². The second kappa shape index (κ2) is 29.2. The number of benzene rings is 15. The van der Waals surface area contributed by atoms with E-state index in [0.29, 0.717) is 62.9 Å². The normalized spacial score (nSPS) is 15.3. The number of Topliss-reactive ketones (excluding diaryl/α,β-unsaturated/α-hetero) is 3. The zero-order valence-electron chi connectivity index (χ0n) is 61.0. The minimum atomic E-state index is -0.784. The van der Waals surface area contributed by atoms with Crippen molar-refractivity contribution in [1.29, 1.82) is 0 Å². The molecule has 7 heterocycles. The molecule has 1 unspecified atom stereocenters. The van der Waals surface area contributed by atoms with Gasteiger partial charge < -0.3 is 9.47 Å². The van der Waals surface area contributed by atoms with E-state index in [-0.39, 0.29) is 17.3 Å². The van der Waals surface area contributed by atoms with Gasteiger partial charge in [-0.05, 0) is 155 Å². The number of carbonyl (C=O) groups is 3. The first-order valence-corrected chi connectivity index (χ1v) is 37.9. The van der Waals surface area contributed by atoms with Gasteiger partial charge in [0, 0.05) is 72.3 Å². The Morgan fingerprint density at radius 1 is 0.188 bits per heavy atom. The molecule has 528 valence electrons. The molecule has 10 aliphatic rings. The third-order valence-electron chi connectivity index (χ3n) is 22.2. The van der Waals surface area contributed by atoms with Crippen molar-refractivity contribution < 1.29 is 23.9 Å². The summed E-state index contributed by atoms with van der Waals surface area (Å²) in [4.78, 5) is 47.5. The molecule has 0 fully saturated rings. The zero-order chi connectivity index (χ0) is 75.1. The van der Waals surface area contributed by atoms with Crippen LogP contribution in [0.2, 0.25) is 0 Å². The Labute approximate surface area is 651 Å². The minimum absolute atomic E-state index is 0.0355. The van der Waals surface area contributed by atoms with E-state index >= 15 is 14.4 Å². The summed E-state index contributed by atoms with van der Waals surface area (Å²) in [6.07, 6.45) is 0.597. The molecular formula is C107H70O5. The standard InChI is InChI=1S/C107H70O5/c108-104-98(75-33-17-5-18-34-75)92(73-29-13-3-14-30-73)95-79-51-63-89(64-52-79)112-91-67-55-81(56-68-91)97-96(100(77-37-21-7-22-38-77)106(110)103(97)84-47-59-87(60-48-84)107(85-39-23-8-24-40-85,69-70-25-9-1-10-26-70)86-57-45-83(46-58-86)102(95)104)80-53-65-90(66-54-80)111-88-61-49-78(50-62-88)94-93(74-31-15-4-16-32-74)101(105(109)99(94)76-35-19-6-20-36-76)82-43-41-72(42-44-82)71-27-11-2-12-28-71/h1-68H,69H2. The third-order valence-corrected chi connectivity index (χ3v) is 22.2. The molecule has 0 aromatic heterocycles. The van der Waals surface area contributed by atoms with Gasteiger partial charge in [-0.1, -0.05) is 364 Å². The van der Waals surface area contributed by atoms with Gasteiger partial charge >= 0.3 is 0 Å². The van der Waals surface area contributed by atoms with Crippen LogP contribution in [0.5, 0.6) is 23.0 Å². The molecule has 3 aliphatic carbocycles. The lowest BCUT2D eigenvalue weighted by molar-refractivity contribution is -0.109. The zero-order valence-corrected chi connectivity index (χ0v) is 61.0. The number of hydrogen-bond donors (Lipinski definition) is 0. The van der Waals surface area contributed by atoms with Gasteiger partial charge in [0.25, 0.3) is 0 Å². The molecule has 5 heteroatoms. The monoisotopic (exact) mass is 1430 g/mol. The lowest BCUT2D eigenvalue weighted by Crippen LogP contribution is -2.32. The summed E-state index contributed by atoms with van der Waals surface area (Å²) in [7, 11) is 0. The molecule has 5 nitrogen and oxygen atoms in total. The first kappa shape index (κ1) is 67.9. The molecule has 15 aromatic rings. The fraction of sp³-hybridized carbons (Fsp3) is 0.0187. The van der Waals surface area contributed by atoms with E-state index in [1.807, 2.05) is 218 Å². The largest absolute Gasteiger partial charge is 0.457 e. The maximum absolute atomic E-state index is 16.3. The highest BCUT2D eigenvalue weighted by atomic mass is 16.5. The van der Waals surface area contributed by atoms with Crippen LogP contribution in [-0.2, 0) is 26.2 Å². The van der Waals surface area contributed by atoms with Gasteiger partial charge in [-0.2, -0.15) is 0 Å². The number of ketones is 3. The van der Waals surface area contributed by atoms with Gasteiger partial charge in [-0.25, -0.2) is 0 Å². The minimum Gasteiger partial charge on any atom is -0.457 e. The summed E-state index contributed by atoms with van der Waals surface area (Å²) in [5.41, 5.74) is 24.6. The Kier molecular flexibility index (Phi) is 17.7. The van der Waals surface area contributed by atoms with E-state index in [0.717, 1.165) is 134 Å². The number of ether oxygens (including phenoxy) is 2. The summed E-state index contributed by atoms with van der Waals surface area (Å²) in [5, 5.41) is 0. The van der Waals surface area contributed by atoms with E-state index in [2.05, 4.69) is 194 Å². The molecule has 0 N–H and O–H groups in total. The predicted molar refractivity (Wildman–Crippen MR) is 455 cm³/mol. The lowest BCUT2D eigenvalue weighted by atomic mass is 9.65. The average molecular weight is 1440 g/mol. The van der Waals surface area contributed by atoms with Crippen LogP contribution in [0, 0.1) is 0 Å². The van der Waals surface area contributed by atoms with Gasteiger partial charge in [-0.3, -0.25) is 14.4 Å². The Bertz CT molecular complexity index is 6330. The predicted octanol–water partition coefficient (Wildman–Crippen LogP) is 25.1. The van der Waals surface area contributed by atoms with Crippen molar-refractivity contribution in [3.8, 4) is 34.1 Å². The number of rotatable bonds is 14. The van der Waals surface area contributed by atoms with Crippen molar-refractivity contribution in [3.05, 3.63) is 502 Å². The van der Waals surface area contributed by atoms with Crippen LogP contribution < -0.4 is 9.47 Å². The van der Waals surface area contributed by atoms with E-state index in [9.17, 15) is 0 Å². The highest BCUT2D eigenvalue weighted by Gasteiger charge is 2.42. The van der Waals surface area contributed by atoms with Gasteiger partial charge in [0.1, 0.15) is 23.0 Å². The molecule has 1 atom stereocenters. The summed E-state index contributed by atoms with van der Waals surface area (Å²) < 4.78 is 13.6. The van der Waals surface area contributed by atoms with Crippen molar-refractivity contribution in [1.82, 2.24) is 0 Å². The van der Waals surface area contributed by atoms with Crippen LogP contribution in [0.15, 0.2) is 413 Å². The Morgan fingerprint density at radius 3 is 0.688 bits per heavy atom. The second-order valence-corrected chi connectivity index (χ2v) is 28.7. The summed E-state index contributed by atoms with van der Waals surface area (Å²) in [6, 6.07) is 140. The molecule has 8 bridgehead atoms. The molecule has 112 heavy (non-hydrogen) atoms. The fourth-order valence-electron chi connectivity index (χ4n) is 17.0. The van der Waals surface area contributed by atoms with Gasteiger partial charge in [0.15, 0.2) is 17.3 Å². The van der Waals surface area contributed by atoms with Crippen molar-refractivity contribution in [2.45, 2.75) is 11.8 Å². The Hall–Kier alpha value is -14.7. The van der Waals surface area contributed by atoms with Gasteiger partial charge in [0.2, 0.25) is 0 Å². The lowest BCUT2D eigenvalue weighted by Gasteiger charge is -2.37. The molecule has 0 saturated heterocycles. The molecular weight excluding hydrogens is 1370 g/mol. The Balaban J connectivity index is 0.729. The van der Waals surface area contributed by atoms with Crippen LogP contribution in [0.3, 0.4) is 0 Å². The number of carbonyl (C=O) groups excluding carboxylic acids is 3. The van der Waals surface area contributed by atoms with E-state index in [4.69, 9.17) is 9.47 Å². The maximum atomic E-state index is 16.3. The van der Waals surface area contributed by atoms with Crippen LogP contribution in [0.4, 0.5) is 0 Å². The summed E-state index contributed by atoms with van der Waals surface area (Å²) >= 11 is 0. The van der Waals surface area contributed by atoms with Gasteiger partial charge in [0.05, 0.1) is 0 Å². The van der Waals surface area contributed by atoms with Crippen LogP contribution in [-0.4, -0.2) is 17.3 Å². The molecule has 0 saturated carbocycles. The highest BCUT2D eigenvalue weighted by Crippen LogP contribution is 2.55. The topological polar surface area (TPSA) is 69.7 Å². The van der Waals surface area contributed by atoms with Crippen molar-refractivity contribution >= 4 is 84.2 Å². The van der Waals surface area contributed by atoms with Crippen LogP contribution in [0.25, 0.3) is 78.0 Å². The van der Waals surface area contributed by atoms with Gasteiger partial charge in [-0.15, -0.1) is 0 Å². The fourth-order valence-corrected chi connectivity index (χ4v) is 17.0. The third kappa shape index (κ3) is 12.3. The summed E-state index contributed by atoms with van der Waals surface area (Å²) in [6.45, 7) is 0. The molecule has 7 aliphatic heterocycles. The van der Waals surface area contributed by atoms with E-state index in [1.165, 1.54) is 0 Å². The first-order chi connectivity index (χ1) is 55.3. The molecule has 0 radical (unpaired) electrons. The van der Waals surface area contributed by atoms with E-state index < -0.39 is 5.41 Å². The first-order valence-electron chi connectivity index (χ1n) is 37.9. The second-order valence-electron chi connectivity index (χ2n) is 28.7. The molecule has 15 aromatic carbocycles. The maximum Gasteiger partial charge on any atom is 0.195 e. The molecule has 0 amide bonds. The number of allylic oxidation sites excluding steroid dienone is 12. The quantitative estimate of drug-likeness (QED) is 0.109.